The second-order valence-electron chi connectivity index (χ2n) is 8.14. The smallest absolute Gasteiger partial charge is 0.467 e. The minimum Gasteiger partial charge on any atom is -0.467 e. The molecule has 1 heterocycles. The summed E-state index contributed by atoms with van der Waals surface area (Å²) in [5, 5.41) is 11.2. The second kappa shape index (κ2) is 11.9. The first-order chi connectivity index (χ1) is 17.9. The topological polar surface area (TPSA) is 132 Å². The van der Waals surface area contributed by atoms with Crippen molar-refractivity contribution >= 4 is 40.9 Å². The number of esters is 1. The van der Waals surface area contributed by atoms with Gasteiger partial charge >= 0.3 is 18.4 Å². The first-order valence-corrected chi connectivity index (χ1v) is 11.3. The van der Waals surface area contributed by atoms with Crippen LogP contribution in [0.3, 0.4) is 0 Å². The van der Waals surface area contributed by atoms with Gasteiger partial charge in [0.15, 0.2) is 0 Å². The van der Waals surface area contributed by atoms with Crippen molar-refractivity contribution in [2.45, 2.75) is 26.3 Å². The Hall–Kier alpha value is -4.26. The van der Waals surface area contributed by atoms with E-state index in [4.69, 9.17) is 20.9 Å². The number of rotatable bonds is 8. The minimum absolute atomic E-state index is 0.0654. The molecule has 0 radical (unpaired) electrons. The summed E-state index contributed by atoms with van der Waals surface area (Å²) in [5.74, 6) is -2.08. The lowest BCUT2D eigenvalue weighted by molar-refractivity contribution is -0.274. The molecule has 0 bridgehead atoms. The van der Waals surface area contributed by atoms with Gasteiger partial charge in [0.25, 0.3) is 5.91 Å². The van der Waals surface area contributed by atoms with Crippen LogP contribution < -0.4 is 20.7 Å². The van der Waals surface area contributed by atoms with Gasteiger partial charge < -0.3 is 29.9 Å². The molecule has 3 N–H and O–H groups in total. The molecule has 10 nitrogen and oxygen atoms in total. The maximum Gasteiger partial charge on any atom is 0.573 e. The van der Waals surface area contributed by atoms with Gasteiger partial charge in [0.2, 0.25) is 5.76 Å². The van der Waals surface area contributed by atoms with E-state index >= 15 is 0 Å². The van der Waals surface area contributed by atoms with Gasteiger partial charge in [-0.3, -0.25) is 4.79 Å². The normalized spacial score (nSPS) is 12.0. The highest BCUT2D eigenvalue weighted by Crippen LogP contribution is 2.30. The molecule has 1 aromatic heterocycles. The van der Waals surface area contributed by atoms with Crippen LogP contribution in [0.1, 0.15) is 24.4 Å². The van der Waals surface area contributed by atoms with Crippen molar-refractivity contribution in [1.29, 1.82) is 0 Å². The van der Waals surface area contributed by atoms with E-state index in [9.17, 15) is 27.6 Å². The molecule has 1 unspecified atom stereocenters. The number of amides is 3. The highest BCUT2D eigenvalue weighted by Gasteiger charge is 2.31. The highest BCUT2D eigenvalue weighted by atomic mass is 35.5. The standard InChI is InChI=1S/C24H22ClF3N4O6/c1-12(2)20(22(34)36-3)31-21(33)19-11-18(32-38-19)13-4-6-14(7-5-13)29-23(35)30-17-9-8-15(10-16(17)25)37-24(26,27)28/h4-12,20H,1-3H3,(H,31,33)(H2,29,30,35). The fourth-order valence-corrected chi connectivity index (χ4v) is 3.38. The van der Waals surface area contributed by atoms with Crippen LogP contribution in [-0.2, 0) is 9.53 Å². The van der Waals surface area contributed by atoms with E-state index in [0.717, 1.165) is 12.1 Å². The van der Waals surface area contributed by atoms with Crippen molar-refractivity contribution < 1.29 is 41.6 Å². The van der Waals surface area contributed by atoms with E-state index in [1.165, 1.54) is 19.2 Å². The van der Waals surface area contributed by atoms with E-state index in [0.29, 0.717) is 16.9 Å². The van der Waals surface area contributed by atoms with Crippen LogP contribution >= 0.6 is 11.6 Å². The summed E-state index contributed by atoms with van der Waals surface area (Å²) in [7, 11) is 1.22. The number of benzene rings is 2. The third-order valence-electron chi connectivity index (χ3n) is 5.00. The van der Waals surface area contributed by atoms with Crippen LogP contribution in [0, 0.1) is 5.92 Å². The molecule has 0 aliphatic carbocycles. The lowest BCUT2D eigenvalue weighted by Crippen LogP contribution is -2.44. The molecule has 14 heteroatoms. The number of carbonyl (C=O) groups excluding carboxylic acids is 3. The molecule has 2 aromatic carbocycles. The number of halogens is 4. The van der Waals surface area contributed by atoms with E-state index in [2.05, 4.69) is 25.8 Å². The number of aromatic nitrogens is 1. The lowest BCUT2D eigenvalue weighted by Gasteiger charge is -2.18. The monoisotopic (exact) mass is 554 g/mol. The maximum atomic E-state index is 12.5. The largest absolute Gasteiger partial charge is 0.573 e. The molecule has 3 rings (SSSR count). The van der Waals surface area contributed by atoms with Gasteiger partial charge in [-0.05, 0) is 30.2 Å². The summed E-state index contributed by atoms with van der Waals surface area (Å²) in [4.78, 5) is 36.6. The van der Waals surface area contributed by atoms with Crippen LogP contribution in [0.15, 0.2) is 53.1 Å². The molecule has 0 spiro atoms. The highest BCUT2D eigenvalue weighted by molar-refractivity contribution is 6.34. The Morgan fingerprint density at radius 2 is 1.71 bits per heavy atom. The van der Waals surface area contributed by atoms with Gasteiger partial charge in [-0.2, -0.15) is 0 Å². The number of alkyl halides is 3. The van der Waals surface area contributed by atoms with Crippen molar-refractivity contribution in [2.24, 2.45) is 5.92 Å². The van der Waals surface area contributed by atoms with Gasteiger partial charge in [0.05, 0.1) is 17.8 Å². The van der Waals surface area contributed by atoms with E-state index in [1.54, 1.807) is 38.1 Å². The summed E-state index contributed by atoms with van der Waals surface area (Å²) in [5.41, 5.74) is 1.34. The molecule has 0 saturated carbocycles. The van der Waals surface area contributed by atoms with Gasteiger partial charge in [0, 0.05) is 23.4 Å². The molecule has 38 heavy (non-hydrogen) atoms. The molecular formula is C24H22ClF3N4O6. The maximum absolute atomic E-state index is 12.5. The zero-order chi connectivity index (χ0) is 28.0. The molecule has 3 aromatic rings. The Balaban J connectivity index is 1.61. The van der Waals surface area contributed by atoms with Crippen molar-refractivity contribution in [2.75, 3.05) is 17.7 Å². The van der Waals surface area contributed by atoms with Crippen LogP contribution in [0.5, 0.6) is 5.75 Å². The first kappa shape index (κ1) is 28.3. The number of methoxy groups -OCH3 is 1. The van der Waals surface area contributed by atoms with Crippen LogP contribution in [0.2, 0.25) is 5.02 Å². The Morgan fingerprint density at radius 1 is 1.03 bits per heavy atom. The predicted molar refractivity (Wildman–Crippen MR) is 131 cm³/mol. The first-order valence-electron chi connectivity index (χ1n) is 11.0. The summed E-state index contributed by atoms with van der Waals surface area (Å²) < 4.78 is 50.5. The van der Waals surface area contributed by atoms with Gasteiger partial charge in [-0.15, -0.1) is 13.2 Å². The summed E-state index contributed by atoms with van der Waals surface area (Å²) in [6, 6.07) is 9.25. The van der Waals surface area contributed by atoms with Crippen LogP contribution in [-0.4, -0.2) is 42.6 Å². The minimum atomic E-state index is -4.87. The van der Waals surface area contributed by atoms with Gasteiger partial charge in [-0.1, -0.05) is 42.7 Å². The number of nitrogens with zero attached hydrogens (tertiary/aromatic N) is 1. The zero-order valence-electron chi connectivity index (χ0n) is 20.2. The third kappa shape index (κ3) is 7.62. The molecule has 0 saturated heterocycles. The number of hydrogen-bond acceptors (Lipinski definition) is 7. The summed E-state index contributed by atoms with van der Waals surface area (Å²) in [6.45, 7) is 3.50. The SMILES string of the molecule is COC(=O)C(NC(=O)c1cc(-c2ccc(NC(=O)Nc3ccc(OC(F)(F)F)cc3Cl)cc2)no1)C(C)C. The molecular weight excluding hydrogens is 533 g/mol. The molecule has 1 atom stereocenters. The van der Waals surface area contributed by atoms with Gasteiger partial charge in [0.1, 0.15) is 17.5 Å². The summed E-state index contributed by atoms with van der Waals surface area (Å²) >= 11 is 5.93. The summed E-state index contributed by atoms with van der Waals surface area (Å²) in [6.07, 6.45) is -4.87. The Labute approximate surface area is 219 Å². The van der Waals surface area contributed by atoms with E-state index in [1.807, 2.05) is 0 Å². The van der Waals surface area contributed by atoms with E-state index < -0.39 is 36.1 Å². The number of hydrogen-bond donors (Lipinski definition) is 3. The number of ether oxygens (including phenoxy) is 2. The molecule has 0 aliphatic rings. The van der Waals surface area contributed by atoms with Crippen LogP contribution in [0.25, 0.3) is 11.3 Å². The van der Waals surface area contributed by atoms with Crippen molar-refractivity contribution in [3.8, 4) is 17.0 Å². The predicted octanol–water partition coefficient (Wildman–Crippen LogP) is 5.47. The van der Waals surface area contributed by atoms with Crippen LogP contribution in [0.4, 0.5) is 29.3 Å². The zero-order valence-corrected chi connectivity index (χ0v) is 20.9. The Morgan fingerprint density at radius 3 is 2.29 bits per heavy atom. The number of anilines is 2. The molecule has 3 amide bonds. The Bertz CT molecular complexity index is 1310. The van der Waals surface area contributed by atoms with E-state index in [-0.39, 0.29) is 22.4 Å². The Kier molecular flexibility index (Phi) is 8.84. The average molecular weight is 555 g/mol. The number of nitrogens with one attached hydrogen (secondary N) is 3. The lowest BCUT2D eigenvalue weighted by atomic mass is 10.0. The van der Waals surface area contributed by atoms with Crippen molar-refractivity contribution in [1.82, 2.24) is 10.5 Å². The molecule has 0 fully saturated rings. The number of carbonyl (C=O) groups is 3. The molecule has 0 aliphatic heterocycles. The number of urea groups is 1. The van der Waals surface area contributed by atoms with Crippen molar-refractivity contribution in [3.63, 3.8) is 0 Å². The third-order valence-corrected chi connectivity index (χ3v) is 5.32. The fraction of sp³-hybridized carbons (Fsp3) is 0.250. The van der Waals surface area contributed by atoms with Gasteiger partial charge in [-0.25, -0.2) is 9.59 Å². The fourth-order valence-electron chi connectivity index (χ4n) is 3.16. The quantitative estimate of drug-likeness (QED) is 0.315. The van der Waals surface area contributed by atoms with Crippen molar-refractivity contribution in [3.05, 3.63) is 59.3 Å². The molecule has 202 valence electrons. The average Bonchev–Trinajstić information content (AvgIpc) is 3.33. The second-order valence-corrected chi connectivity index (χ2v) is 8.55.